The summed E-state index contributed by atoms with van der Waals surface area (Å²) in [5.41, 5.74) is 0. The largest absolute Gasteiger partial charge is 0.385 e. The van der Waals surface area contributed by atoms with Crippen LogP contribution in [0.2, 0.25) is 0 Å². The number of carbonyl (C=O) groups excluding carboxylic acids is 2. The number of amides is 1. The maximum atomic E-state index is 11.8. The van der Waals surface area contributed by atoms with Gasteiger partial charge < -0.3 is 14.8 Å². The fraction of sp³-hybridized carbons (Fsp3) is 0.846. The molecule has 0 aromatic carbocycles. The fourth-order valence-electron chi connectivity index (χ4n) is 1.70. The molecule has 17 heavy (non-hydrogen) atoms. The van der Waals surface area contributed by atoms with Gasteiger partial charge in [-0.05, 0) is 19.8 Å². The number of hydrogen-bond acceptors (Lipinski definition) is 3. The zero-order valence-electron chi connectivity index (χ0n) is 11.3. The molecule has 1 N–H and O–H groups in total. The number of hydrogen-bond donors (Lipinski definition) is 1. The maximum absolute atomic E-state index is 11.8. The lowest BCUT2D eigenvalue weighted by Gasteiger charge is -2.15. The third kappa shape index (κ3) is 8.86. The van der Waals surface area contributed by atoms with E-state index in [4.69, 9.17) is 4.74 Å². The number of rotatable bonds is 10. The lowest BCUT2D eigenvalue weighted by Crippen LogP contribution is -2.33. The van der Waals surface area contributed by atoms with Crippen molar-refractivity contribution < 1.29 is 14.3 Å². The first-order valence-electron chi connectivity index (χ1n) is 6.37. The van der Waals surface area contributed by atoms with E-state index in [1.165, 1.54) is 6.92 Å². The van der Waals surface area contributed by atoms with E-state index >= 15 is 0 Å². The molecular formula is C13H25NO3. The van der Waals surface area contributed by atoms with Gasteiger partial charge in [-0.2, -0.15) is 0 Å². The molecular weight excluding hydrogens is 218 g/mol. The second-order valence-corrected chi connectivity index (χ2v) is 4.38. The molecule has 0 spiro atoms. The van der Waals surface area contributed by atoms with Gasteiger partial charge in [0.25, 0.3) is 0 Å². The molecule has 0 heterocycles. The number of ether oxygens (including phenoxy) is 1. The molecule has 0 unspecified atom stereocenters. The van der Waals surface area contributed by atoms with Crippen LogP contribution in [0.15, 0.2) is 0 Å². The molecule has 0 aliphatic heterocycles. The molecule has 4 heteroatoms. The molecule has 0 aliphatic rings. The quantitative estimate of drug-likeness (QED) is 0.596. The van der Waals surface area contributed by atoms with Crippen molar-refractivity contribution in [1.29, 1.82) is 0 Å². The summed E-state index contributed by atoms with van der Waals surface area (Å²) in [7, 11) is 1.64. The second kappa shape index (κ2) is 10.3. The molecule has 0 aliphatic carbocycles. The molecule has 0 fully saturated rings. The van der Waals surface area contributed by atoms with E-state index in [0.29, 0.717) is 19.6 Å². The summed E-state index contributed by atoms with van der Waals surface area (Å²) in [6.07, 6.45) is 4.00. The average molecular weight is 243 g/mol. The SMILES string of the molecule is CCCC[C@H](CC(C)=O)C(=O)NCCCOC. The highest BCUT2D eigenvalue weighted by Crippen LogP contribution is 2.13. The fourth-order valence-corrected chi connectivity index (χ4v) is 1.70. The first kappa shape index (κ1) is 16.1. The van der Waals surface area contributed by atoms with Crippen molar-refractivity contribution in [3.05, 3.63) is 0 Å². The van der Waals surface area contributed by atoms with Crippen molar-refractivity contribution >= 4 is 11.7 Å². The van der Waals surface area contributed by atoms with E-state index in [0.717, 1.165) is 25.7 Å². The van der Waals surface area contributed by atoms with Crippen LogP contribution < -0.4 is 5.32 Å². The summed E-state index contributed by atoms with van der Waals surface area (Å²) >= 11 is 0. The standard InChI is InChI=1S/C13H25NO3/c1-4-5-7-12(10-11(2)15)13(16)14-8-6-9-17-3/h12H,4-10H2,1-3H3,(H,14,16)/t12-/m1/s1. The minimum Gasteiger partial charge on any atom is -0.385 e. The third-order valence-corrected chi connectivity index (χ3v) is 2.64. The van der Waals surface area contributed by atoms with E-state index in [1.807, 2.05) is 0 Å². The minimum atomic E-state index is -0.157. The molecule has 0 saturated carbocycles. The number of carbonyl (C=O) groups is 2. The highest BCUT2D eigenvalue weighted by Gasteiger charge is 2.18. The van der Waals surface area contributed by atoms with Gasteiger partial charge in [-0.3, -0.25) is 4.79 Å². The van der Waals surface area contributed by atoms with Crippen LogP contribution in [0.3, 0.4) is 0 Å². The highest BCUT2D eigenvalue weighted by atomic mass is 16.5. The van der Waals surface area contributed by atoms with Gasteiger partial charge in [-0.1, -0.05) is 19.8 Å². The molecule has 1 atom stereocenters. The molecule has 0 aromatic heterocycles. The van der Waals surface area contributed by atoms with Crippen LogP contribution in [0.4, 0.5) is 0 Å². The van der Waals surface area contributed by atoms with Crippen molar-refractivity contribution in [2.45, 2.75) is 46.0 Å². The second-order valence-electron chi connectivity index (χ2n) is 4.38. The Bertz CT molecular complexity index is 229. The van der Waals surface area contributed by atoms with Gasteiger partial charge in [0.2, 0.25) is 5.91 Å². The molecule has 0 aromatic rings. The number of Topliss-reactive ketones (excluding diaryl/α,β-unsaturated/α-hetero) is 1. The summed E-state index contributed by atoms with van der Waals surface area (Å²) in [5, 5.41) is 2.86. The first-order valence-corrected chi connectivity index (χ1v) is 6.37. The van der Waals surface area contributed by atoms with Crippen molar-refractivity contribution in [1.82, 2.24) is 5.32 Å². The summed E-state index contributed by atoms with van der Waals surface area (Å²) in [4.78, 5) is 22.9. The van der Waals surface area contributed by atoms with Crippen molar-refractivity contribution in [2.24, 2.45) is 5.92 Å². The molecule has 0 rings (SSSR count). The smallest absolute Gasteiger partial charge is 0.223 e. The maximum Gasteiger partial charge on any atom is 0.223 e. The molecule has 4 nitrogen and oxygen atoms in total. The first-order chi connectivity index (χ1) is 8.11. The van der Waals surface area contributed by atoms with Crippen LogP contribution in [0.5, 0.6) is 0 Å². The summed E-state index contributed by atoms with van der Waals surface area (Å²) in [6, 6.07) is 0. The molecule has 0 bridgehead atoms. The summed E-state index contributed by atoms with van der Waals surface area (Å²) in [5.74, 6) is -0.0714. The predicted octanol–water partition coefficient (Wildman–Crippen LogP) is 1.92. The predicted molar refractivity (Wildman–Crippen MR) is 67.8 cm³/mol. The third-order valence-electron chi connectivity index (χ3n) is 2.64. The van der Waals surface area contributed by atoms with E-state index in [2.05, 4.69) is 12.2 Å². The molecule has 0 radical (unpaired) electrons. The van der Waals surface area contributed by atoms with Crippen LogP contribution in [0.25, 0.3) is 0 Å². The number of methoxy groups -OCH3 is 1. The van der Waals surface area contributed by atoms with Crippen molar-refractivity contribution in [2.75, 3.05) is 20.3 Å². The van der Waals surface area contributed by atoms with E-state index in [1.54, 1.807) is 7.11 Å². The molecule has 1 amide bonds. The monoisotopic (exact) mass is 243 g/mol. The summed E-state index contributed by atoms with van der Waals surface area (Å²) < 4.78 is 4.91. The van der Waals surface area contributed by atoms with Gasteiger partial charge in [-0.15, -0.1) is 0 Å². The van der Waals surface area contributed by atoms with Crippen molar-refractivity contribution in [3.8, 4) is 0 Å². The Morgan fingerprint density at radius 2 is 2.00 bits per heavy atom. The van der Waals surface area contributed by atoms with Gasteiger partial charge in [0.1, 0.15) is 5.78 Å². The van der Waals surface area contributed by atoms with Crippen LogP contribution >= 0.6 is 0 Å². The van der Waals surface area contributed by atoms with Gasteiger partial charge in [0.15, 0.2) is 0 Å². The number of ketones is 1. The average Bonchev–Trinajstić information content (AvgIpc) is 2.29. The van der Waals surface area contributed by atoms with Crippen LogP contribution in [0.1, 0.15) is 46.0 Å². The van der Waals surface area contributed by atoms with E-state index < -0.39 is 0 Å². The summed E-state index contributed by atoms with van der Waals surface area (Å²) in [6.45, 7) is 4.89. The van der Waals surface area contributed by atoms with Gasteiger partial charge in [-0.25, -0.2) is 0 Å². The molecule has 0 saturated heterocycles. The number of unbranched alkanes of at least 4 members (excludes halogenated alkanes) is 1. The minimum absolute atomic E-state index is 0.00440. The Hall–Kier alpha value is -0.900. The van der Waals surface area contributed by atoms with Gasteiger partial charge in [0, 0.05) is 32.6 Å². The lowest BCUT2D eigenvalue weighted by atomic mass is 9.95. The Labute approximate surface area is 104 Å². The highest BCUT2D eigenvalue weighted by molar-refractivity contribution is 5.85. The van der Waals surface area contributed by atoms with Crippen LogP contribution in [-0.2, 0) is 14.3 Å². The lowest BCUT2D eigenvalue weighted by molar-refractivity contribution is -0.129. The van der Waals surface area contributed by atoms with Crippen molar-refractivity contribution in [3.63, 3.8) is 0 Å². The Morgan fingerprint density at radius 1 is 1.29 bits per heavy atom. The Kier molecular flexibility index (Phi) is 9.72. The molecule has 100 valence electrons. The van der Waals surface area contributed by atoms with E-state index in [9.17, 15) is 9.59 Å². The normalized spacial score (nSPS) is 12.2. The topological polar surface area (TPSA) is 55.4 Å². The Balaban J connectivity index is 3.98. The zero-order valence-corrected chi connectivity index (χ0v) is 11.3. The Morgan fingerprint density at radius 3 is 2.53 bits per heavy atom. The van der Waals surface area contributed by atoms with Crippen LogP contribution in [-0.4, -0.2) is 32.0 Å². The van der Waals surface area contributed by atoms with Gasteiger partial charge >= 0.3 is 0 Å². The van der Waals surface area contributed by atoms with E-state index in [-0.39, 0.29) is 17.6 Å². The van der Waals surface area contributed by atoms with Gasteiger partial charge in [0.05, 0.1) is 0 Å². The zero-order chi connectivity index (χ0) is 13.1. The number of nitrogens with one attached hydrogen (secondary N) is 1. The van der Waals surface area contributed by atoms with Crippen LogP contribution in [0, 0.1) is 5.92 Å².